The van der Waals surface area contributed by atoms with Crippen molar-refractivity contribution in [1.29, 1.82) is 5.26 Å². The molecular weight excluding hydrogens is 142 g/mol. The van der Waals surface area contributed by atoms with Crippen molar-refractivity contribution in [3.8, 4) is 6.07 Å². The van der Waals surface area contributed by atoms with Crippen LogP contribution in [0.2, 0.25) is 0 Å². The van der Waals surface area contributed by atoms with E-state index in [0.717, 1.165) is 0 Å². The van der Waals surface area contributed by atoms with E-state index in [-0.39, 0.29) is 6.42 Å². The van der Waals surface area contributed by atoms with Crippen LogP contribution in [0.3, 0.4) is 0 Å². The van der Waals surface area contributed by atoms with Gasteiger partial charge < -0.3 is 11.5 Å². The van der Waals surface area contributed by atoms with E-state index >= 15 is 0 Å². The summed E-state index contributed by atoms with van der Waals surface area (Å²) in [6.07, 6.45) is 0.134. The average Bonchev–Trinajstić information content (AvgIpc) is 1.85. The van der Waals surface area contributed by atoms with Gasteiger partial charge in [0.1, 0.15) is 17.5 Å². The number of aromatic nitrogens is 2. The molecule has 0 amide bonds. The maximum atomic E-state index is 8.29. The summed E-state index contributed by atoms with van der Waals surface area (Å²) in [5.41, 5.74) is 10.7. The quantitative estimate of drug-likeness (QED) is 0.571. The second kappa shape index (κ2) is 2.84. The molecule has 0 unspecified atom stereocenters. The van der Waals surface area contributed by atoms with E-state index in [1.807, 2.05) is 6.07 Å². The molecule has 4 N–H and O–H groups in total. The van der Waals surface area contributed by atoms with Crippen LogP contribution in [-0.4, -0.2) is 9.97 Å². The number of rotatable bonds is 1. The highest BCUT2D eigenvalue weighted by molar-refractivity contribution is 5.40. The minimum absolute atomic E-state index is 0.134. The summed E-state index contributed by atoms with van der Waals surface area (Å²) in [7, 11) is 0. The molecule has 0 spiro atoms. The summed E-state index contributed by atoms with van der Waals surface area (Å²) in [4.78, 5) is 7.58. The molecule has 0 bridgehead atoms. The monoisotopic (exact) mass is 149 g/mol. The number of nitriles is 1. The Hall–Kier alpha value is -1.83. The van der Waals surface area contributed by atoms with Crippen molar-refractivity contribution in [2.24, 2.45) is 0 Å². The van der Waals surface area contributed by atoms with Crippen molar-refractivity contribution in [3.63, 3.8) is 0 Å². The predicted molar refractivity (Wildman–Crippen MR) is 40.2 cm³/mol. The number of nitrogens with zero attached hydrogens (tertiary/aromatic N) is 3. The lowest BCUT2D eigenvalue weighted by Gasteiger charge is -1.97. The Morgan fingerprint density at radius 2 is 1.91 bits per heavy atom. The molecule has 0 aliphatic heterocycles. The molecule has 1 heterocycles. The lowest BCUT2D eigenvalue weighted by Crippen LogP contribution is -2.02. The molecule has 0 aliphatic rings. The van der Waals surface area contributed by atoms with Crippen molar-refractivity contribution >= 4 is 11.6 Å². The maximum absolute atomic E-state index is 8.29. The van der Waals surface area contributed by atoms with E-state index in [1.165, 1.54) is 6.07 Å². The molecule has 5 heteroatoms. The topological polar surface area (TPSA) is 102 Å². The van der Waals surface area contributed by atoms with E-state index in [9.17, 15) is 0 Å². The summed E-state index contributed by atoms with van der Waals surface area (Å²) in [6, 6.07) is 3.35. The predicted octanol–water partition coefficient (Wildman–Crippen LogP) is -0.293. The van der Waals surface area contributed by atoms with Crippen LogP contribution in [0.15, 0.2) is 6.07 Å². The maximum Gasteiger partial charge on any atom is 0.147 e. The lowest BCUT2D eigenvalue weighted by molar-refractivity contribution is 1.01. The molecule has 0 aliphatic carbocycles. The van der Waals surface area contributed by atoms with Crippen molar-refractivity contribution < 1.29 is 0 Å². The first-order chi connectivity index (χ1) is 5.22. The van der Waals surface area contributed by atoms with Gasteiger partial charge in [0, 0.05) is 6.07 Å². The molecule has 0 saturated heterocycles. The fraction of sp³-hybridized carbons (Fsp3) is 0.167. The molecular formula is C6H7N5. The first kappa shape index (κ1) is 7.28. The number of nitrogens with two attached hydrogens (primary N) is 2. The van der Waals surface area contributed by atoms with Gasteiger partial charge in [-0.2, -0.15) is 5.26 Å². The molecule has 0 radical (unpaired) electrons. The molecule has 0 aromatic carbocycles. The first-order valence-electron chi connectivity index (χ1n) is 2.98. The van der Waals surface area contributed by atoms with Crippen molar-refractivity contribution in [2.75, 3.05) is 11.5 Å². The number of hydrogen-bond donors (Lipinski definition) is 2. The Balaban J connectivity index is 3.01. The highest BCUT2D eigenvalue weighted by Gasteiger charge is 1.97. The van der Waals surface area contributed by atoms with Gasteiger partial charge >= 0.3 is 0 Å². The van der Waals surface area contributed by atoms with Gasteiger partial charge in [0.15, 0.2) is 0 Å². The zero-order chi connectivity index (χ0) is 8.27. The van der Waals surface area contributed by atoms with Gasteiger partial charge in [0.05, 0.1) is 12.5 Å². The fourth-order valence-electron chi connectivity index (χ4n) is 0.689. The molecule has 0 atom stereocenters. The fourth-order valence-corrected chi connectivity index (χ4v) is 0.689. The Kier molecular flexibility index (Phi) is 1.88. The second-order valence-electron chi connectivity index (χ2n) is 1.97. The highest BCUT2D eigenvalue weighted by Crippen LogP contribution is 2.03. The normalized spacial score (nSPS) is 9.00. The van der Waals surface area contributed by atoms with Crippen molar-refractivity contribution in [2.45, 2.75) is 6.42 Å². The van der Waals surface area contributed by atoms with Crippen LogP contribution in [0.5, 0.6) is 0 Å². The lowest BCUT2D eigenvalue weighted by atomic mass is 10.4. The van der Waals surface area contributed by atoms with Gasteiger partial charge in [-0.05, 0) is 0 Å². The van der Waals surface area contributed by atoms with Crippen molar-refractivity contribution in [3.05, 3.63) is 11.9 Å². The molecule has 5 nitrogen and oxygen atoms in total. The van der Waals surface area contributed by atoms with Crippen LogP contribution >= 0.6 is 0 Å². The standard InChI is InChI=1S/C6H7N5/c7-2-1-6-10-4(8)3-5(9)11-6/h3H,1H2,(H4,8,9,10,11). The largest absolute Gasteiger partial charge is 0.384 e. The summed E-state index contributed by atoms with van der Waals surface area (Å²) in [6.45, 7) is 0. The van der Waals surface area contributed by atoms with E-state index < -0.39 is 0 Å². The van der Waals surface area contributed by atoms with E-state index in [2.05, 4.69) is 9.97 Å². The molecule has 1 rings (SSSR count). The van der Waals surface area contributed by atoms with Crippen LogP contribution in [0.25, 0.3) is 0 Å². The van der Waals surface area contributed by atoms with Gasteiger partial charge in [-0.3, -0.25) is 0 Å². The zero-order valence-electron chi connectivity index (χ0n) is 5.78. The summed E-state index contributed by atoms with van der Waals surface area (Å²) in [5, 5.41) is 8.29. The van der Waals surface area contributed by atoms with Crippen LogP contribution in [-0.2, 0) is 6.42 Å². The second-order valence-corrected chi connectivity index (χ2v) is 1.97. The van der Waals surface area contributed by atoms with Gasteiger partial charge in [0.2, 0.25) is 0 Å². The minimum Gasteiger partial charge on any atom is -0.384 e. The van der Waals surface area contributed by atoms with Gasteiger partial charge in [-0.1, -0.05) is 0 Å². The Morgan fingerprint density at radius 1 is 1.36 bits per heavy atom. The molecule has 1 aromatic heterocycles. The minimum atomic E-state index is 0.134. The Labute approximate surface area is 63.7 Å². The Morgan fingerprint density at radius 3 is 2.36 bits per heavy atom. The van der Waals surface area contributed by atoms with Gasteiger partial charge in [-0.25, -0.2) is 9.97 Å². The SMILES string of the molecule is N#CCc1nc(N)cc(N)n1. The Bertz CT molecular complexity index is 280. The van der Waals surface area contributed by atoms with Gasteiger partial charge in [-0.15, -0.1) is 0 Å². The number of nitrogen functional groups attached to an aromatic ring is 2. The van der Waals surface area contributed by atoms with Gasteiger partial charge in [0.25, 0.3) is 0 Å². The third-order valence-electron chi connectivity index (χ3n) is 1.05. The van der Waals surface area contributed by atoms with Crippen molar-refractivity contribution in [1.82, 2.24) is 9.97 Å². The van der Waals surface area contributed by atoms with Crippen LogP contribution < -0.4 is 11.5 Å². The molecule has 1 aromatic rings. The summed E-state index contributed by atoms with van der Waals surface area (Å²) < 4.78 is 0. The third kappa shape index (κ3) is 1.79. The highest BCUT2D eigenvalue weighted by atomic mass is 15.0. The summed E-state index contributed by atoms with van der Waals surface area (Å²) in [5.74, 6) is 0.954. The average molecular weight is 149 g/mol. The molecule has 0 fully saturated rings. The molecule has 11 heavy (non-hydrogen) atoms. The smallest absolute Gasteiger partial charge is 0.147 e. The number of anilines is 2. The zero-order valence-corrected chi connectivity index (χ0v) is 5.78. The molecule has 0 saturated carbocycles. The summed E-state index contributed by atoms with van der Waals surface area (Å²) >= 11 is 0. The first-order valence-corrected chi connectivity index (χ1v) is 2.98. The van der Waals surface area contributed by atoms with E-state index in [1.54, 1.807) is 0 Å². The van der Waals surface area contributed by atoms with E-state index in [0.29, 0.717) is 17.5 Å². The van der Waals surface area contributed by atoms with Crippen LogP contribution in [0.4, 0.5) is 11.6 Å². The van der Waals surface area contributed by atoms with Crippen LogP contribution in [0, 0.1) is 11.3 Å². The van der Waals surface area contributed by atoms with Crippen LogP contribution in [0.1, 0.15) is 5.82 Å². The third-order valence-corrected chi connectivity index (χ3v) is 1.05. The molecule has 56 valence electrons. The number of hydrogen-bond acceptors (Lipinski definition) is 5. The van der Waals surface area contributed by atoms with E-state index in [4.69, 9.17) is 16.7 Å².